The molecule has 0 saturated carbocycles. The Balaban J connectivity index is 2.00. The van der Waals surface area contributed by atoms with Crippen LogP contribution < -0.4 is 10.6 Å². The maximum absolute atomic E-state index is 12.0. The number of hydrogen-bond acceptors (Lipinski definition) is 3. The molecule has 4 nitrogen and oxygen atoms in total. The van der Waals surface area contributed by atoms with E-state index in [0.29, 0.717) is 27.7 Å². The molecule has 1 heterocycles. The van der Waals surface area contributed by atoms with Crippen LogP contribution in [0.2, 0.25) is 5.02 Å². The molecule has 0 atom stereocenters. The Hall–Kier alpha value is -1.85. The fourth-order valence-electron chi connectivity index (χ4n) is 1.85. The number of unbranched alkanes of at least 4 members (excludes halogenated alkanes) is 1. The molecule has 0 radical (unpaired) electrons. The molecule has 6 heteroatoms. The van der Waals surface area contributed by atoms with Crippen LogP contribution in [0.4, 0.5) is 11.4 Å². The molecule has 0 spiro atoms. The van der Waals surface area contributed by atoms with E-state index in [1.807, 2.05) is 18.4 Å². The number of hydrogen-bond donors (Lipinski definition) is 2. The first-order chi connectivity index (χ1) is 10.6. The van der Waals surface area contributed by atoms with E-state index < -0.39 is 0 Å². The molecule has 2 N–H and O–H groups in total. The van der Waals surface area contributed by atoms with Crippen LogP contribution in [0.25, 0.3) is 0 Å². The summed E-state index contributed by atoms with van der Waals surface area (Å²) >= 11 is 7.52. The average Bonchev–Trinajstić information content (AvgIpc) is 3.02. The number of carbonyl (C=O) groups excluding carboxylic acids is 2. The minimum absolute atomic E-state index is 0.0340. The number of nitrogens with one attached hydrogen (secondary N) is 2. The van der Waals surface area contributed by atoms with Crippen molar-refractivity contribution in [1.29, 1.82) is 0 Å². The first-order valence-corrected chi connectivity index (χ1v) is 8.30. The fraction of sp³-hybridized carbons (Fsp3) is 0.250. The Labute approximate surface area is 138 Å². The SMILES string of the molecule is CCCCC(=O)Nc1ccc(NC(=O)c2cccs2)c(Cl)c1. The molecule has 0 saturated heterocycles. The van der Waals surface area contributed by atoms with E-state index in [4.69, 9.17) is 11.6 Å². The summed E-state index contributed by atoms with van der Waals surface area (Å²) in [7, 11) is 0. The molecule has 0 bridgehead atoms. The van der Waals surface area contributed by atoms with E-state index in [2.05, 4.69) is 10.6 Å². The molecule has 0 aliphatic heterocycles. The normalized spacial score (nSPS) is 10.3. The number of amides is 2. The highest BCUT2D eigenvalue weighted by Gasteiger charge is 2.10. The number of benzene rings is 1. The van der Waals surface area contributed by atoms with Crippen LogP contribution in [0, 0.1) is 0 Å². The van der Waals surface area contributed by atoms with Gasteiger partial charge in [0.25, 0.3) is 5.91 Å². The summed E-state index contributed by atoms with van der Waals surface area (Å²) in [5.41, 5.74) is 1.15. The summed E-state index contributed by atoms with van der Waals surface area (Å²) in [5, 5.41) is 7.77. The second-order valence-corrected chi connectivity index (χ2v) is 6.13. The number of halogens is 1. The number of rotatable bonds is 6. The van der Waals surface area contributed by atoms with Crippen LogP contribution in [0.15, 0.2) is 35.7 Å². The van der Waals surface area contributed by atoms with E-state index in [1.54, 1.807) is 24.3 Å². The van der Waals surface area contributed by atoms with E-state index >= 15 is 0 Å². The molecule has 2 amide bonds. The molecule has 2 aromatic rings. The molecule has 116 valence electrons. The smallest absolute Gasteiger partial charge is 0.265 e. The van der Waals surface area contributed by atoms with Gasteiger partial charge in [0.2, 0.25) is 5.91 Å². The first kappa shape index (κ1) is 16.5. The van der Waals surface area contributed by atoms with E-state index in [9.17, 15) is 9.59 Å². The highest BCUT2D eigenvalue weighted by atomic mass is 35.5. The van der Waals surface area contributed by atoms with Crippen molar-refractivity contribution in [3.05, 3.63) is 45.6 Å². The zero-order valence-corrected chi connectivity index (χ0v) is 13.8. The summed E-state index contributed by atoms with van der Waals surface area (Å²) in [4.78, 5) is 24.3. The number of anilines is 2. The monoisotopic (exact) mass is 336 g/mol. The first-order valence-electron chi connectivity index (χ1n) is 7.04. The third-order valence-electron chi connectivity index (χ3n) is 3.00. The lowest BCUT2D eigenvalue weighted by atomic mass is 10.2. The summed E-state index contributed by atoms with van der Waals surface area (Å²) in [5.74, 6) is -0.232. The van der Waals surface area contributed by atoms with Crippen LogP contribution in [0.3, 0.4) is 0 Å². The summed E-state index contributed by atoms with van der Waals surface area (Å²) < 4.78 is 0. The van der Waals surface area contributed by atoms with Crippen LogP contribution in [0.5, 0.6) is 0 Å². The average molecular weight is 337 g/mol. The van der Waals surface area contributed by atoms with Crippen LogP contribution in [-0.2, 0) is 4.79 Å². The van der Waals surface area contributed by atoms with Gasteiger partial charge in [0.05, 0.1) is 15.6 Å². The Morgan fingerprint density at radius 3 is 2.68 bits per heavy atom. The molecule has 0 fully saturated rings. The quantitative estimate of drug-likeness (QED) is 0.797. The molecule has 1 aromatic heterocycles. The largest absolute Gasteiger partial charge is 0.326 e. The van der Waals surface area contributed by atoms with Crippen molar-refractivity contribution in [1.82, 2.24) is 0 Å². The number of thiophene rings is 1. The molecule has 2 rings (SSSR count). The lowest BCUT2D eigenvalue weighted by Gasteiger charge is -2.09. The zero-order chi connectivity index (χ0) is 15.9. The molecule has 1 aromatic carbocycles. The van der Waals surface area contributed by atoms with Crippen LogP contribution in [0.1, 0.15) is 35.9 Å². The predicted molar refractivity (Wildman–Crippen MR) is 91.9 cm³/mol. The summed E-state index contributed by atoms with van der Waals surface area (Å²) in [6.45, 7) is 2.04. The zero-order valence-electron chi connectivity index (χ0n) is 12.2. The maximum Gasteiger partial charge on any atom is 0.265 e. The maximum atomic E-state index is 12.0. The van der Waals surface area contributed by atoms with Gasteiger partial charge < -0.3 is 10.6 Å². The van der Waals surface area contributed by atoms with Crippen molar-refractivity contribution in [3.8, 4) is 0 Å². The van der Waals surface area contributed by atoms with E-state index in [0.717, 1.165) is 12.8 Å². The Kier molecular flexibility index (Phi) is 5.98. The van der Waals surface area contributed by atoms with Crippen molar-refractivity contribution in [2.45, 2.75) is 26.2 Å². The Morgan fingerprint density at radius 2 is 2.05 bits per heavy atom. The van der Waals surface area contributed by atoms with Gasteiger partial charge in [-0.05, 0) is 36.1 Å². The Morgan fingerprint density at radius 1 is 1.23 bits per heavy atom. The van der Waals surface area contributed by atoms with Gasteiger partial charge in [-0.3, -0.25) is 9.59 Å². The van der Waals surface area contributed by atoms with Gasteiger partial charge in [-0.15, -0.1) is 11.3 Å². The number of carbonyl (C=O) groups is 2. The van der Waals surface area contributed by atoms with Gasteiger partial charge in [0, 0.05) is 12.1 Å². The summed E-state index contributed by atoms with van der Waals surface area (Å²) in [6, 6.07) is 8.60. The second kappa shape index (κ2) is 7.96. The van der Waals surface area contributed by atoms with Crippen LogP contribution >= 0.6 is 22.9 Å². The Bertz CT molecular complexity index is 656. The van der Waals surface area contributed by atoms with Gasteiger partial charge in [-0.2, -0.15) is 0 Å². The predicted octanol–water partition coefficient (Wildman–Crippen LogP) is 4.78. The molecular formula is C16H17ClN2O2S. The van der Waals surface area contributed by atoms with Crippen molar-refractivity contribution < 1.29 is 9.59 Å². The topological polar surface area (TPSA) is 58.2 Å². The van der Waals surface area contributed by atoms with Gasteiger partial charge in [0.15, 0.2) is 0 Å². The van der Waals surface area contributed by atoms with Gasteiger partial charge in [-0.1, -0.05) is 31.0 Å². The molecule has 0 aliphatic carbocycles. The lowest BCUT2D eigenvalue weighted by Crippen LogP contribution is -2.12. The lowest BCUT2D eigenvalue weighted by molar-refractivity contribution is -0.116. The second-order valence-electron chi connectivity index (χ2n) is 4.78. The highest BCUT2D eigenvalue weighted by molar-refractivity contribution is 7.12. The van der Waals surface area contributed by atoms with E-state index in [-0.39, 0.29) is 11.8 Å². The van der Waals surface area contributed by atoms with Crippen molar-refractivity contribution >= 4 is 46.1 Å². The standard InChI is InChI=1S/C16H17ClN2O2S/c1-2-3-6-15(20)18-11-7-8-13(12(17)10-11)19-16(21)14-5-4-9-22-14/h4-5,7-10H,2-3,6H2,1H3,(H,18,20)(H,19,21). The third-order valence-corrected chi connectivity index (χ3v) is 4.18. The van der Waals surface area contributed by atoms with Crippen LogP contribution in [-0.4, -0.2) is 11.8 Å². The van der Waals surface area contributed by atoms with Crippen molar-refractivity contribution in [2.24, 2.45) is 0 Å². The molecule has 0 unspecified atom stereocenters. The molecular weight excluding hydrogens is 320 g/mol. The fourth-order valence-corrected chi connectivity index (χ4v) is 2.69. The minimum atomic E-state index is -0.198. The summed E-state index contributed by atoms with van der Waals surface area (Å²) in [6.07, 6.45) is 2.32. The highest BCUT2D eigenvalue weighted by Crippen LogP contribution is 2.26. The van der Waals surface area contributed by atoms with Gasteiger partial charge >= 0.3 is 0 Å². The van der Waals surface area contributed by atoms with Gasteiger partial charge in [-0.25, -0.2) is 0 Å². The molecule has 22 heavy (non-hydrogen) atoms. The van der Waals surface area contributed by atoms with Crippen molar-refractivity contribution in [2.75, 3.05) is 10.6 Å². The van der Waals surface area contributed by atoms with Crippen molar-refractivity contribution in [3.63, 3.8) is 0 Å². The van der Waals surface area contributed by atoms with Gasteiger partial charge in [0.1, 0.15) is 0 Å². The van der Waals surface area contributed by atoms with E-state index in [1.165, 1.54) is 11.3 Å². The molecule has 0 aliphatic rings. The minimum Gasteiger partial charge on any atom is -0.326 e. The third kappa shape index (κ3) is 4.58.